The molecule has 1 aromatic rings. The zero-order valence-electron chi connectivity index (χ0n) is 12.9. The van der Waals surface area contributed by atoms with Gasteiger partial charge in [-0.25, -0.2) is 0 Å². The van der Waals surface area contributed by atoms with Gasteiger partial charge in [-0.05, 0) is 30.5 Å². The van der Waals surface area contributed by atoms with Gasteiger partial charge in [0.15, 0.2) is 11.5 Å². The van der Waals surface area contributed by atoms with Crippen LogP contribution in [0.5, 0.6) is 11.5 Å². The Hall–Kier alpha value is -1.79. The number of benzene rings is 1. The molecule has 6 nitrogen and oxygen atoms in total. The summed E-state index contributed by atoms with van der Waals surface area (Å²) in [6, 6.07) is 5.28. The van der Waals surface area contributed by atoms with E-state index in [1.54, 1.807) is 26.4 Å². The summed E-state index contributed by atoms with van der Waals surface area (Å²) < 4.78 is 10.4. The van der Waals surface area contributed by atoms with Crippen LogP contribution in [-0.2, 0) is 11.2 Å². The Labute approximate surface area is 130 Å². The molecule has 0 aromatic heterocycles. The highest BCUT2D eigenvalue weighted by Crippen LogP contribution is 2.28. The van der Waals surface area contributed by atoms with Gasteiger partial charge >= 0.3 is 0 Å². The molecule has 1 aliphatic rings. The van der Waals surface area contributed by atoms with Gasteiger partial charge in [-0.3, -0.25) is 4.79 Å². The van der Waals surface area contributed by atoms with Gasteiger partial charge in [-0.1, -0.05) is 6.07 Å². The third kappa shape index (κ3) is 3.90. The molecule has 2 rings (SSSR count). The Kier molecular flexibility index (Phi) is 5.63. The van der Waals surface area contributed by atoms with Gasteiger partial charge in [-0.15, -0.1) is 0 Å². The van der Waals surface area contributed by atoms with Gasteiger partial charge in [-0.2, -0.15) is 0 Å². The second kappa shape index (κ2) is 7.47. The Morgan fingerprint density at radius 1 is 1.27 bits per heavy atom. The Morgan fingerprint density at radius 2 is 2.00 bits per heavy atom. The topological polar surface area (TPSA) is 88.0 Å². The van der Waals surface area contributed by atoms with Crippen molar-refractivity contribution in [2.45, 2.75) is 31.4 Å². The normalized spacial score (nSPS) is 24.1. The van der Waals surface area contributed by atoms with E-state index in [1.165, 1.54) is 0 Å². The smallest absolute Gasteiger partial charge is 0.224 e. The fraction of sp³-hybridized carbons (Fsp3) is 0.562. The Morgan fingerprint density at radius 3 is 2.59 bits per heavy atom. The van der Waals surface area contributed by atoms with Gasteiger partial charge in [0.05, 0.1) is 26.7 Å². The van der Waals surface area contributed by atoms with Crippen LogP contribution in [0.3, 0.4) is 0 Å². The molecule has 122 valence electrons. The molecule has 1 aliphatic carbocycles. The van der Waals surface area contributed by atoms with Gasteiger partial charge in [0, 0.05) is 18.6 Å². The highest BCUT2D eigenvalue weighted by atomic mass is 16.5. The van der Waals surface area contributed by atoms with Crippen LogP contribution >= 0.6 is 0 Å². The number of carbonyl (C=O) groups excluding carboxylic acids is 1. The standard InChI is InChI=1S/C16H23NO5/c1-21-14-4-3-10(5-15(14)22-2)6-16(20)17-12-7-11(9-18)13(19)8-12/h3-5,11-13,18-19H,6-9H2,1-2H3,(H,17,20)/t11-,12+,13+/m1/s1. The lowest BCUT2D eigenvalue weighted by atomic mass is 10.1. The SMILES string of the molecule is COc1ccc(CC(=O)N[C@H]2C[C@H](CO)[C@@H](O)C2)cc1OC. The number of carbonyl (C=O) groups is 1. The van der Waals surface area contributed by atoms with E-state index < -0.39 is 6.10 Å². The van der Waals surface area contributed by atoms with E-state index in [9.17, 15) is 9.90 Å². The molecule has 6 heteroatoms. The van der Waals surface area contributed by atoms with Gasteiger partial charge in [0.1, 0.15) is 0 Å². The number of aliphatic hydroxyl groups is 2. The monoisotopic (exact) mass is 309 g/mol. The molecule has 22 heavy (non-hydrogen) atoms. The van der Waals surface area contributed by atoms with Crippen LogP contribution in [0.4, 0.5) is 0 Å². The molecular weight excluding hydrogens is 286 g/mol. The van der Waals surface area contributed by atoms with Crippen molar-refractivity contribution >= 4 is 5.91 Å². The van der Waals surface area contributed by atoms with Crippen molar-refractivity contribution in [2.24, 2.45) is 5.92 Å². The highest BCUT2D eigenvalue weighted by molar-refractivity contribution is 5.79. The molecule has 1 saturated carbocycles. The molecule has 0 spiro atoms. The lowest BCUT2D eigenvalue weighted by Crippen LogP contribution is -2.34. The third-order valence-corrected chi connectivity index (χ3v) is 4.07. The van der Waals surface area contributed by atoms with E-state index in [0.717, 1.165) is 5.56 Å². The Bertz CT molecular complexity index is 519. The molecule has 0 unspecified atom stereocenters. The van der Waals surface area contributed by atoms with Crippen LogP contribution < -0.4 is 14.8 Å². The summed E-state index contributed by atoms with van der Waals surface area (Å²) >= 11 is 0. The molecule has 1 fully saturated rings. The number of amides is 1. The molecule has 1 amide bonds. The van der Waals surface area contributed by atoms with Crippen molar-refractivity contribution in [3.05, 3.63) is 23.8 Å². The maximum absolute atomic E-state index is 12.1. The first-order valence-corrected chi connectivity index (χ1v) is 7.36. The lowest BCUT2D eigenvalue weighted by molar-refractivity contribution is -0.121. The van der Waals surface area contributed by atoms with Crippen molar-refractivity contribution < 1.29 is 24.5 Å². The van der Waals surface area contributed by atoms with E-state index in [1.807, 2.05) is 6.07 Å². The molecule has 0 heterocycles. The molecule has 1 aromatic carbocycles. The summed E-state index contributed by atoms with van der Waals surface area (Å²) in [5, 5.41) is 21.8. The van der Waals surface area contributed by atoms with Crippen molar-refractivity contribution in [1.82, 2.24) is 5.32 Å². The minimum Gasteiger partial charge on any atom is -0.493 e. The lowest BCUT2D eigenvalue weighted by Gasteiger charge is -2.13. The number of hydrogen-bond acceptors (Lipinski definition) is 5. The number of ether oxygens (including phenoxy) is 2. The number of aliphatic hydroxyl groups excluding tert-OH is 2. The summed E-state index contributed by atoms with van der Waals surface area (Å²) in [5.41, 5.74) is 0.826. The van der Waals surface area contributed by atoms with Crippen molar-refractivity contribution in [1.29, 1.82) is 0 Å². The second-order valence-electron chi connectivity index (χ2n) is 5.61. The van der Waals surface area contributed by atoms with E-state index in [0.29, 0.717) is 24.3 Å². The van der Waals surface area contributed by atoms with Crippen LogP contribution in [0.1, 0.15) is 18.4 Å². The average Bonchev–Trinajstić information content (AvgIpc) is 2.86. The van der Waals surface area contributed by atoms with Crippen molar-refractivity contribution in [3.63, 3.8) is 0 Å². The number of methoxy groups -OCH3 is 2. The number of rotatable bonds is 6. The predicted molar refractivity (Wildman–Crippen MR) is 81.0 cm³/mol. The van der Waals surface area contributed by atoms with Gasteiger partial charge in [0.25, 0.3) is 0 Å². The molecule has 0 saturated heterocycles. The molecular formula is C16H23NO5. The molecule has 0 bridgehead atoms. The van der Waals surface area contributed by atoms with Crippen LogP contribution in [0.2, 0.25) is 0 Å². The van der Waals surface area contributed by atoms with Crippen molar-refractivity contribution in [2.75, 3.05) is 20.8 Å². The predicted octanol–water partition coefficient (Wildman–Crippen LogP) is 0.494. The number of hydrogen-bond donors (Lipinski definition) is 3. The van der Waals surface area contributed by atoms with E-state index >= 15 is 0 Å². The molecule has 3 N–H and O–H groups in total. The summed E-state index contributed by atoms with van der Waals surface area (Å²) in [5.74, 6) is 0.954. The quantitative estimate of drug-likeness (QED) is 0.712. The van der Waals surface area contributed by atoms with E-state index in [2.05, 4.69) is 5.32 Å². The highest BCUT2D eigenvalue weighted by Gasteiger charge is 2.33. The van der Waals surface area contributed by atoms with Crippen LogP contribution in [0.15, 0.2) is 18.2 Å². The first kappa shape index (κ1) is 16.6. The maximum Gasteiger partial charge on any atom is 0.224 e. The number of nitrogens with one attached hydrogen (secondary N) is 1. The van der Waals surface area contributed by atoms with Crippen molar-refractivity contribution in [3.8, 4) is 11.5 Å². The van der Waals surface area contributed by atoms with Gasteiger partial charge < -0.3 is 25.0 Å². The molecule has 0 aliphatic heterocycles. The Balaban J connectivity index is 1.92. The summed E-state index contributed by atoms with van der Waals surface area (Å²) in [6.45, 7) is -0.0524. The molecule has 3 atom stereocenters. The minimum atomic E-state index is -0.545. The largest absolute Gasteiger partial charge is 0.493 e. The summed E-state index contributed by atoms with van der Waals surface area (Å²) in [7, 11) is 3.11. The average molecular weight is 309 g/mol. The van der Waals surface area contributed by atoms with Gasteiger partial charge in [0.2, 0.25) is 5.91 Å². The van der Waals surface area contributed by atoms with Crippen LogP contribution in [0.25, 0.3) is 0 Å². The zero-order chi connectivity index (χ0) is 16.1. The molecule has 0 radical (unpaired) electrons. The van der Waals surface area contributed by atoms with Crippen LogP contribution in [-0.4, -0.2) is 49.1 Å². The minimum absolute atomic E-state index is 0.0524. The fourth-order valence-electron chi connectivity index (χ4n) is 2.87. The zero-order valence-corrected chi connectivity index (χ0v) is 12.9. The maximum atomic E-state index is 12.1. The fourth-order valence-corrected chi connectivity index (χ4v) is 2.87. The van der Waals surface area contributed by atoms with E-state index in [4.69, 9.17) is 14.6 Å². The summed E-state index contributed by atoms with van der Waals surface area (Å²) in [6.07, 6.45) is 0.783. The van der Waals surface area contributed by atoms with Crippen LogP contribution in [0, 0.1) is 5.92 Å². The third-order valence-electron chi connectivity index (χ3n) is 4.07. The summed E-state index contributed by atoms with van der Waals surface area (Å²) in [4.78, 5) is 12.1. The van der Waals surface area contributed by atoms with E-state index in [-0.39, 0.29) is 30.9 Å². The second-order valence-corrected chi connectivity index (χ2v) is 5.61. The first-order chi connectivity index (χ1) is 10.6. The first-order valence-electron chi connectivity index (χ1n) is 7.36.